The molecule has 3 rings (SSSR count). The van der Waals surface area contributed by atoms with E-state index in [4.69, 9.17) is 5.26 Å². The number of nitrogens with zero attached hydrogens (tertiary/aromatic N) is 3. The summed E-state index contributed by atoms with van der Waals surface area (Å²) in [4.78, 5) is 4.26. The summed E-state index contributed by atoms with van der Waals surface area (Å²) in [6.45, 7) is 2.06. The van der Waals surface area contributed by atoms with E-state index in [0.717, 1.165) is 32.2 Å². The number of benzene rings is 1. The van der Waals surface area contributed by atoms with Crippen LogP contribution >= 0.6 is 15.9 Å². The van der Waals surface area contributed by atoms with Gasteiger partial charge in [0, 0.05) is 22.5 Å². The van der Waals surface area contributed by atoms with Gasteiger partial charge in [0.15, 0.2) is 5.65 Å². The molecule has 0 amide bonds. The standard InChI is InChI=1S/C16H13BrN4/c1-10(2-4-18)11-6-12(8-13(17)7-11)14-3-5-19-16-15(14)9-20-21-16/h3,5-10H,2H2,1H3,(H,19,20,21). The number of nitriles is 1. The van der Waals surface area contributed by atoms with Crippen molar-refractivity contribution in [1.82, 2.24) is 15.2 Å². The number of aromatic amines is 1. The zero-order chi connectivity index (χ0) is 14.8. The molecule has 0 fully saturated rings. The van der Waals surface area contributed by atoms with Crippen LogP contribution in [-0.2, 0) is 0 Å². The van der Waals surface area contributed by atoms with E-state index >= 15 is 0 Å². The molecule has 0 spiro atoms. The minimum Gasteiger partial charge on any atom is -0.261 e. The third-order valence-electron chi connectivity index (χ3n) is 3.55. The number of halogens is 1. The number of aromatic nitrogens is 3. The highest BCUT2D eigenvalue weighted by Crippen LogP contribution is 2.32. The molecule has 1 atom stereocenters. The van der Waals surface area contributed by atoms with Crippen LogP contribution in [0.15, 0.2) is 41.1 Å². The highest BCUT2D eigenvalue weighted by Gasteiger charge is 2.11. The lowest BCUT2D eigenvalue weighted by Crippen LogP contribution is -1.93. The fourth-order valence-electron chi connectivity index (χ4n) is 2.41. The minimum atomic E-state index is 0.202. The molecule has 1 unspecified atom stereocenters. The fourth-order valence-corrected chi connectivity index (χ4v) is 2.92. The maximum Gasteiger partial charge on any atom is 0.155 e. The van der Waals surface area contributed by atoms with E-state index in [1.165, 1.54) is 0 Å². The van der Waals surface area contributed by atoms with E-state index in [1.807, 2.05) is 6.07 Å². The third kappa shape index (κ3) is 2.67. The largest absolute Gasteiger partial charge is 0.261 e. The predicted octanol–water partition coefficient (Wildman–Crippen LogP) is 4.40. The van der Waals surface area contributed by atoms with Crippen LogP contribution in [0.25, 0.3) is 22.2 Å². The van der Waals surface area contributed by atoms with Crippen molar-refractivity contribution in [2.24, 2.45) is 0 Å². The van der Waals surface area contributed by atoms with Crippen LogP contribution in [0.4, 0.5) is 0 Å². The molecule has 0 saturated carbocycles. The Kier molecular flexibility index (Phi) is 3.72. The zero-order valence-electron chi connectivity index (χ0n) is 11.5. The first kappa shape index (κ1) is 13.8. The SMILES string of the molecule is CC(CC#N)c1cc(Br)cc(-c2ccnc3[nH]ncc23)c1. The van der Waals surface area contributed by atoms with E-state index in [1.54, 1.807) is 12.4 Å². The van der Waals surface area contributed by atoms with E-state index in [-0.39, 0.29) is 5.92 Å². The molecule has 0 radical (unpaired) electrons. The minimum absolute atomic E-state index is 0.202. The average Bonchev–Trinajstić information content (AvgIpc) is 2.95. The van der Waals surface area contributed by atoms with Crippen LogP contribution in [0.5, 0.6) is 0 Å². The zero-order valence-corrected chi connectivity index (χ0v) is 13.1. The van der Waals surface area contributed by atoms with Crippen LogP contribution in [0.1, 0.15) is 24.8 Å². The second kappa shape index (κ2) is 5.66. The Hall–Kier alpha value is -2.19. The van der Waals surface area contributed by atoms with Crippen molar-refractivity contribution in [2.45, 2.75) is 19.3 Å². The number of fused-ring (bicyclic) bond motifs is 1. The third-order valence-corrected chi connectivity index (χ3v) is 4.01. The lowest BCUT2D eigenvalue weighted by Gasteiger charge is -2.12. The van der Waals surface area contributed by atoms with Gasteiger partial charge in [-0.1, -0.05) is 28.9 Å². The summed E-state index contributed by atoms with van der Waals surface area (Å²) < 4.78 is 1.01. The Morgan fingerprint density at radius 2 is 2.24 bits per heavy atom. The fraction of sp³-hybridized carbons (Fsp3) is 0.188. The van der Waals surface area contributed by atoms with Crippen molar-refractivity contribution < 1.29 is 0 Å². The van der Waals surface area contributed by atoms with Gasteiger partial charge in [-0.3, -0.25) is 5.10 Å². The number of hydrogen-bond donors (Lipinski definition) is 1. The van der Waals surface area contributed by atoms with Gasteiger partial charge in [0.25, 0.3) is 0 Å². The van der Waals surface area contributed by atoms with Crippen LogP contribution in [0.2, 0.25) is 0 Å². The smallest absolute Gasteiger partial charge is 0.155 e. The van der Waals surface area contributed by atoms with Gasteiger partial charge in [0.1, 0.15) is 0 Å². The topological polar surface area (TPSA) is 65.4 Å². The van der Waals surface area contributed by atoms with Gasteiger partial charge in [0.05, 0.1) is 12.3 Å². The quantitative estimate of drug-likeness (QED) is 0.768. The molecule has 4 nitrogen and oxygen atoms in total. The molecule has 0 aliphatic carbocycles. The molecule has 0 saturated heterocycles. The Balaban J connectivity index is 2.14. The molecular formula is C16H13BrN4. The highest BCUT2D eigenvalue weighted by atomic mass is 79.9. The summed E-state index contributed by atoms with van der Waals surface area (Å²) in [6, 6.07) is 10.5. The summed E-state index contributed by atoms with van der Waals surface area (Å²) in [5, 5.41) is 16.8. The van der Waals surface area contributed by atoms with E-state index in [2.05, 4.69) is 62.3 Å². The second-order valence-corrected chi connectivity index (χ2v) is 5.94. The first-order chi connectivity index (χ1) is 10.2. The number of hydrogen-bond acceptors (Lipinski definition) is 3. The van der Waals surface area contributed by atoms with Gasteiger partial charge < -0.3 is 0 Å². The van der Waals surface area contributed by atoms with E-state index in [0.29, 0.717) is 6.42 Å². The van der Waals surface area contributed by atoms with Crippen LogP contribution in [-0.4, -0.2) is 15.2 Å². The Labute approximate surface area is 131 Å². The summed E-state index contributed by atoms with van der Waals surface area (Å²) in [6.07, 6.45) is 4.07. The van der Waals surface area contributed by atoms with Crippen molar-refractivity contribution in [3.05, 3.63) is 46.7 Å². The lowest BCUT2D eigenvalue weighted by atomic mass is 9.94. The monoisotopic (exact) mass is 340 g/mol. The predicted molar refractivity (Wildman–Crippen MR) is 85.7 cm³/mol. The Morgan fingerprint density at radius 3 is 3.05 bits per heavy atom. The summed E-state index contributed by atoms with van der Waals surface area (Å²) in [5.41, 5.74) is 4.10. The van der Waals surface area contributed by atoms with Gasteiger partial charge in [-0.2, -0.15) is 10.4 Å². The first-order valence-corrected chi connectivity index (χ1v) is 7.44. The normalized spacial score (nSPS) is 12.2. The maximum absolute atomic E-state index is 8.88. The number of nitrogens with one attached hydrogen (secondary N) is 1. The Bertz CT molecular complexity index is 832. The molecule has 1 aromatic carbocycles. The lowest BCUT2D eigenvalue weighted by molar-refractivity contribution is 0.789. The van der Waals surface area contributed by atoms with Gasteiger partial charge >= 0.3 is 0 Å². The van der Waals surface area contributed by atoms with Crippen LogP contribution in [0, 0.1) is 11.3 Å². The van der Waals surface area contributed by atoms with E-state index < -0.39 is 0 Å². The second-order valence-electron chi connectivity index (χ2n) is 5.03. The van der Waals surface area contributed by atoms with E-state index in [9.17, 15) is 0 Å². The summed E-state index contributed by atoms with van der Waals surface area (Å²) >= 11 is 3.56. The molecule has 21 heavy (non-hydrogen) atoms. The average molecular weight is 341 g/mol. The molecular weight excluding hydrogens is 328 g/mol. The van der Waals surface area contributed by atoms with Crippen molar-refractivity contribution in [3.8, 4) is 17.2 Å². The molecule has 0 aliphatic rings. The van der Waals surface area contributed by atoms with Crippen molar-refractivity contribution in [2.75, 3.05) is 0 Å². The van der Waals surface area contributed by atoms with Gasteiger partial charge in [-0.25, -0.2) is 4.98 Å². The molecule has 0 bridgehead atoms. The molecule has 2 aromatic heterocycles. The molecule has 104 valence electrons. The van der Waals surface area contributed by atoms with Gasteiger partial charge in [0.2, 0.25) is 0 Å². The summed E-state index contributed by atoms with van der Waals surface area (Å²) in [5.74, 6) is 0.202. The molecule has 5 heteroatoms. The summed E-state index contributed by atoms with van der Waals surface area (Å²) in [7, 11) is 0. The van der Waals surface area contributed by atoms with Crippen molar-refractivity contribution in [1.29, 1.82) is 5.26 Å². The maximum atomic E-state index is 8.88. The number of H-pyrrole nitrogens is 1. The van der Waals surface area contributed by atoms with Crippen LogP contribution < -0.4 is 0 Å². The van der Waals surface area contributed by atoms with Crippen molar-refractivity contribution in [3.63, 3.8) is 0 Å². The number of rotatable bonds is 3. The van der Waals surface area contributed by atoms with Crippen LogP contribution in [0.3, 0.4) is 0 Å². The molecule has 2 heterocycles. The molecule has 0 aliphatic heterocycles. The Morgan fingerprint density at radius 1 is 1.38 bits per heavy atom. The first-order valence-electron chi connectivity index (χ1n) is 6.65. The van der Waals surface area contributed by atoms with Gasteiger partial charge in [-0.15, -0.1) is 0 Å². The van der Waals surface area contributed by atoms with Gasteiger partial charge in [-0.05, 0) is 40.8 Å². The molecule has 1 N–H and O–H groups in total. The number of pyridine rings is 1. The van der Waals surface area contributed by atoms with Crippen molar-refractivity contribution >= 4 is 27.0 Å². The molecule has 3 aromatic rings. The highest BCUT2D eigenvalue weighted by molar-refractivity contribution is 9.10.